The average molecular weight is 303 g/mol. The number of rotatable bonds is 4. The fourth-order valence-corrected chi connectivity index (χ4v) is 5.74. The molecule has 0 saturated carbocycles. The molecule has 1 saturated heterocycles. The van der Waals surface area contributed by atoms with Crippen molar-refractivity contribution in [3.63, 3.8) is 0 Å². The van der Waals surface area contributed by atoms with E-state index in [-0.39, 0.29) is 0 Å². The van der Waals surface area contributed by atoms with Gasteiger partial charge in [-0.15, -0.1) is 11.3 Å². The maximum absolute atomic E-state index is 12.6. The summed E-state index contributed by atoms with van der Waals surface area (Å²) in [5.41, 5.74) is 0.623. The Bertz CT molecular complexity index is 537. The van der Waals surface area contributed by atoms with Crippen LogP contribution in [0.25, 0.3) is 0 Å². The fourth-order valence-electron chi connectivity index (χ4n) is 2.57. The molecular weight excluding hydrogens is 282 g/mol. The average Bonchev–Trinajstić information content (AvgIpc) is 2.70. The molecule has 1 aliphatic rings. The monoisotopic (exact) mass is 303 g/mol. The number of thiazole rings is 1. The van der Waals surface area contributed by atoms with E-state index < -0.39 is 10.0 Å². The number of aromatic nitrogens is 1. The third-order valence-corrected chi connectivity index (χ3v) is 6.93. The number of nitrogens with zero attached hydrogens (tertiary/aromatic N) is 2. The highest BCUT2D eigenvalue weighted by Gasteiger charge is 2.32. The quantitative estimate of drug-likeness (QED) is 0.913. The van der Waals surface area contributed by atoms with Gasteiger partial charge in [0.05, 0.1) is 10.7 Å². The van der Waals surface area contributed by atoms with E-state index in [9.17, 15) is 8.42 Å². The molecule has 0 amide bonds. The van der Waals surface area contributed by atoms with Gasteiger partial charge in [0.1, 0.15) is 0 Å². The first-order valence-corrected chi connectivity index (χ1v) is 8.79. The van der Waals surface area contributed by atoms with Crippen molar-refractivity contribution < 1.29 is 8.42 Å². The van der Waals surface area contributed by atoms with Crippen molar-refractivity contribution in [2.24, 2.45) is 5.92 Å². The molecule has 1 aromatic rings. The maximum atomic E-state index is 12.6. The van der Waals surface area contributed by atoms with Gasteiger partial charge in [-0.1, -0.05) is 0 Å². The molecule has 5 nitrogen and oxygen atoms in total. The Morgan fingerprint density at radius 3 is 2.79 bits per heavy atom. The fraction of sp³-hybridized carbons (Fsp3) is 0.750. The van der Waals surface area contributed by atoms with Gasteiger partial charge in [0.15, 0.2) is 4.21 Å². The van der Waals surface area contributed by atoms with E-state index in [1.807, 2.05) is 14.0 Å². The highest BCUT2D eigenvalue weighted by Crippen LogP contribution is 2.29. The van der Waals surface area contributed by atoms with Crippen LogP contribution in [0.5, 0.6) is 0 Å². The van der Waals surface area contributed by atoms with Crippen molar-refractivity contribution in [3.8, 4) is 0 Å². The van der Waals surface area contributed by atoms with Crippen LogP contribution < -0.4 is 5.32 Å². The van der Waals surface area contributed by atoms with Crippen LogP contribution in [-0.2, 0) is 10.0 Å². The molecule has 1 atom stereocenters. The zero-order chi connectivity index (χ0) is 14.0. The predicted molar refractivity (Wildman–Crippen MR) is 77.0 cm³/mol. The van der Waals surface area contributed by atoms with Crippen molar-refractivity contribution in [3.05, 3.63) is 10.7 Å². The highest BCUT2D eigenvalue weighted by atomic mass is 32.2. The second-order valence-electron chi connectivity index (χ2n) is 5.03. The van der Waals surface area contributed by atoms with Crippen LogP contribution in [-0.4, -0.2) is 44.4 Å². The van der Waals surface area contributed by atoms with Crippen molar-refractivity contribution in [1.82, 2.24) is 14.6 Å². The highest BCUT2D eigenvalue weighted by molar-refractivity contribution is 7.91. The van der Waals surface area contributed by atoms with E-state index in [0.29, 0.717) is 28.9 Å². The summed E-state index contributed by atoms with van der Waals surface area (Å²) in [7, 11) is -1.45. The number of piperidine rings is 1. The van der Waals surface area contributed by atoms with Gasteiger partial charge in [-0.25, -0.2) is 13.4 Å². The van der Waals surface area contributed by atoms with E-state index >= 15 is 0 Å². The largest absolute Gasteiger partial charge is 0.319 e. The molecule has 2 heterocycles. The molecule has 1 fully saturated rings. The SMILES string of the molecule is CNCC1CCCN(S(=O)(=O)c2sc(C)nc2C)C1. The lowest BCUT2D eigenvalue weighted by atomic mass is 10.00. The van der Waals surface area contributed by atoms with Crippen molar-refractivity contribution in [2.45, 2.75) is 30.9 Å². The van der Waals surface area contributed by atoms with E-state index in [0.717, 1.165) is 24.4 Å². The molecule has 0 spiro atoms. The molecule has 1 N–H and O–H groups in total. The third-order valence-electron chi connectivity index (χ3n) is 3.41. The summed E-state index contributed by atoms with van der Waals surface area (Å²) in [6.07, 6.45) is 2.02. The van der Waals surface area contributed by atoms with Gasteiger partial charge < -0.3 is 5.32 Å². The summed E-state index contributed by atoms with van der Waals surface area (Å²) in [6.45, 7) is 5.72. The van der Waals surface area contributed by atoms with Gasteiger partial charge in [-0.05, 0) is 46.2 Å². The first-order chi connectivity index (χ1) is 8.95. The Labute approximate surface area is 119 Å². The minimum absolute atomic E-state index is 0.405. The van der Waals surface area contributed by atoms with Gasteiger partial charge in [-0.2, -0.15) is 4.31 Å². The summed E-state index contributed by atoms with van der Waals surface area (Å²) in [4.78, 5) is 4.23. The van der Waals surface area contributed by atoms with Crippen molar-refractivity contribution in [1.29, 1.82) is 0 Å². The zero-order valence-corrected chi connectivity index (χ0v) is 13.3. The Kier molecular flexibility index (Phi) is 4.60. The van der Waals surface area contributed by atoms with Crippen molar-refractivity contribution >= 4 is 21.4 Å². The van der Waals surface area contributed by atoms with Crippen LogP contribution in [0.15, 0.2) is 4.21 Å². The Balaban J connectivity index is 2.22. The number of nitrogens with one attached hydrogen (secondary N) is 1. The maximum Gasteiger partial charge on any atom is 0.254 e. The Hall–Kier alpha value is -0.500. The summed E-state index contributed by atoms with van der Waals surface area (Å²) in [5, 5.41) is 3.94. The lowest BCUT2D eigenvalue weighted by molar-refractivity contribution is 0.263. The molecule has 0 radical (unpaired) electrons. The van der Waals surface area contributed by atoms with Crippen LogP contribution in [0.1, 0.15) is 23.5 Å². The number of sulfonamides is 1. The Morgan fingerprint density at radius 2 is 2.21 bits per heavy atom. The van der Waals surface area contributed by atoms with Crippen LogP contribution in [0.2, 0.25) is 0 Å². The molecule has 1 aromatic heterocycles. The molecule has 0 aromatic carbocycles. The topological polar surface area (TPSA) is 62.3 Å². The molecule has 108 valence electrons. The lowest BCUT2D eigenvalue weighted by Crippen LogP contribution is -2.42. The lowest BCUT2D eigenvalue weighted by Gasteiger charge is -2.31. The minimum Gasteiger partial charge on any atom is -0.319 e. The van der Waals surface area contributed by atoms with E-state index in [1.54, 1.807) is 11.2 Å². The minimum atomic E-state index is -3.36. The van der Waals surface area contributed by atoms with Crippen LogP contribution in [0, 0.1) is 19.8 Å². The van der Waals surface area contributed by atoms with Gasteiger partial charge in [0, 0.05) is 13.1 Å². The number of hydrogen-bond acceptors (Lipinski definition) is 5. The zero-order valence-electron chi connectivity index (χ0n) is 11.6. The molecule has 1 aliphatic heterocycles. The predicted octanol–water partition coefficient (Wildman–Crippen LogP) is 1.38. The number of aryl methyl sites for hydroxylation is 2. The van der Waals surface area contributed by atoms with Gasteiger partial charge >= 0.3 is 0 Å². The normalized spacial score (nSPS) is 21.7. The molecule has 7 heteroatoms. The number of hydrogen-bond donors (Lipinski definition) is 1. The summed E-state index contributed by atoms with van der Waals surface area (Å²) in [6, 6.07) is 0. The summed E-state index contributed by atoms with van der Waals surface area (Å²) < 4.78 is 27.3. The molecule has 0 bridgehead atoms. The third kappa shape index (κ3) is 3.16. The van der Waals surface area contributed by atoms with E-state index in [4.69, 9.17) is 0 Å². The van der Waals surface area contributed by atoms with E-state index in [2.05, 4.69) is 10.3 Å². The van der Waals surface area contributed by atoms with Crippen molar-refractivity contribution in [2.75, 3.05) is 26.7 Å². The molecule has 2 rings (SSSR count). The van der Waals surface area contributed by atoms with Gasteiger partial charge in [-0.3, -0.25) is 0 Å². The second-order valence-corrected chi connectivity index (χ2v) is 8.37. The summed E-state index contributed by atoms with van der Waals surface area (Å²) in [5.74, 6) is 0.405. The first-order valence-electron chi connectivity index (χ1n) is 6.54. The molecule has 1 unspecified atom stereocenters. The standard InChI is InChI=1S/C12H21N3O2S2/c1-9-12(18-10(2)14-9)19(16,17)15-6-4-5-11(8-15)7-13-3/h11,13H,4-8H2,1-3H3. The van der Waals surface area contributed by atoms with Crippen LogP contribution in [0.3, 0.4) is 0 Å². The van der Waals surface area contributed by atoms with E-state index in [1.165, 1.54) is 11.3 Å². The summed E-state index contributed by atoms with van der Waals surface area (Å²) >= 11 is 1.27. The first kappa shape index (κ1) is 14.9. The van der Waals surface area contributed by atoms with Crippen LogP contribution in [0.4, 0.5) is 0 Å². The van der Waals surface area contributed by atoms with Gasteiger partial charge in [0.2, 0.25) is 0 Å². The van der Waals surface area contributed by atoms with Crippen LogP contribution >= 0.6 is 11.3 Å². The Morgan fingerprint density at radius 1 is 1.47 bits per heavy atom. The molecular formula is C12H21N3O2S2. The molecule has 0 aliphatic carbocycles. The molecule has 19 heavy (non-hydrogen) atoms. The van der Waals surface area contributed by atoms with Gasteiger partial charge in [0.25, 0.3) is 10.0 Å². The smallest absolute Gasteiger partial charge is 0.254 e. The second kappa shape index (κ2) is 5.87.